The van der Waals surface area contributed by atoms with E-state index >= 15 is 0 Å². The van der Waals surface area contributed by atoms with E-state index in [0.717, 1.165) is 11.3 Å². The number of anilines is 1. The molecule has 0 bridgehead atoms. The second-order valence-corrected chi connectivity index (χ2v) is 6.58. The standard InChI is InChI=1S/C14H15N5OS/c1-14(2,3)10-8-19-11(16-10)5-4-9(18-19)12(20)17-13-15-6-7-21-13/h4-8H,1-3H3,(H,15,17,20). The Morgan fingerprint density at radius 1 is 1.33 bits per heavy atom. The van der Waals surface area contributed by atoms with Crippen LogP contribution in [0.1, 0.15) is 37.0 Å². The van der Waals surface area contributed by atoms with E-state index in [1.807, 2.05) is 6.20 Å². The van der Waals surface area contributed by atoms with E-state index in [1.54, 1.807) is 28.2 Å². The van der Waals surface area contributed by atoms with Crippen LogP contribution in [0.5, 0.6) is 0 Å². The van der Waals surface area contributed by atoms with Crippen LogP contribution in [0.25, 0.3) is 5.65 Å². The Morgan fingerprint density at radius 2 is 2.14 bits per heavy atom. The largest absolute Gasteiger partial charge is 0.296 e. The molecule has 3 rings (SSSR count). The number of carbonyl (C=O) groups is 1. The summed E-state index contributed by atoms with van der Waals surface area (Å²) in [6.45, 7) is 6.26. The SMILES string of the molecule is CC(C)(C)c1cn2nc(C(=O)Nc3nccs3)ccc2n1. The quantitative estimate of drug-likeness (QED) is 0.790. The molecule has 0 atom stereocenters. The van der Waals surface area contributed by atoms with Gasteiger partial charge in [-0.05, 0) is 12.1 Å². The monoisotopic (exact) mass is 301 g/mol. The summed E-state index contributed by atoms with van der Waals surface area (Å²) in [5.41, 5.74) is 1.94. The van der Waals surface area contributed by atoms with Crippen LogP contribution in [0.3, 0.4) is 0 Å². The summed E-state index contributed by atoms with van der Waals surface area (Å²) in [4.78, 5) is 20.7. The molecular formula is C14H15N5OS. The van der Waals surface area contributed by atoms with Crippen LogP contribution in [-0.2, 0) is 5.41 Å². The van der Waals surface area contributed by atoms with Crippen molar-refractivity contribution in [3.8, 4) is 0 Å². The minimum atomic E-state index is -0.280. The van der Waals surface area contributed by atoms with Gasteiger partial charge in [-0.2, -0.15) is 5.10 Å². The van der Waals surface area contributed by atoms with Crippen molar-refractivity contribution in [3.05, 3.63) is 41.3 Å². The van der Waals surface area contributed by atoms with Crippen LogP contribution >= 0.6 is 11.3 Å². The molecule has 6 nitrogen and oxygen atoms in total. The summed E-state index contributed by atoms with van der Waals surface area (Å²) in [7, 11) is 0. The normalized spacial score (nSPS) is 11.8. The summed E-state index contributed by atoms with van der Waals surface area (Å²) in [5, 5.41) is 9.38. The maximum atomic E-state index is 12.1. The van der Waals surface area contributed by atoms with E-state index in [-0.39, 0.29) is 11.3 Å². The van der Waals surface area contributed by atoms with Crippen molar-refractivity contribution >= 4 is 28.0 Å². The molecule has 108 valence electrons. The van der Waals surface area contributed by atoms with Gasteiger partial charge in [0.25, 0.3) is 5.91 Å². The Kier molecular flexibility index (Phi) is 3.21. The summed E-state index contributed by atoms with van der Waals surface area (Å²) in [6.07, 6.45) is 3.50. The molecule has 0 saturated heterocycles. The highest BCUT2D eigenvalue weighted by molar-refractivity contribution is 7.13. The lowest BCUT2D eigenvalue weighted by Gasteiger charge is -2.13. The molecule has 3 aromatic heterocycles. The zero-order valence-corrected chi connectivity index (χ0v) is 12.8. The third kappa shape index (κ3) is 2.78. The first-order valence-electron chi connectivity index (χ1n) is 6.51. The molecule has 0 aliphatic heterocycles. The van der Waals surface area contributed by atoms with E-state index in [9.17, 15) is 4.79 Å². The van der Waals surface area contributed by atoms with Gasteiger partial charge in [0.15, 0.2) is 10.8 Å². The number of fused-ring (bicyclic) bond motifs is 1. The first kappa shape index (κ1) is 13.7. The first-order chi connectivity index (χ1) is 9.93. The maximum Gasteiger partial charge on any atom is 0.277 e. The van der Waals surface area contributed by atoms with Gasteiger partial charge in [0.1, 0.15) is 5.69 Å². The number of imidazole rings is 1. The molecule has 0 spiro atoms. The molecule has 3 aromatic rings. The molecular weight excluding hydrogens is 286 g/mol. The number of aromatic nitrogens is 4. The van der Waals surface area contributed by atoms with Crippen LogP contribution in [0.15, 0.2) is 29.9 Å². The van der Waals surface area contributed by atoms with Gasteiger partial charge < -0.3 is 0 Å². The van der Waals surface area contributed by atoms with Crippen molar-refractivity contribution in [1.82, 2.24) is 19.6 Å². The van der Waals surface area contributed by atoms with Gasteiger partial charge in [-0.1, -0.05) is 20.8 Å². The van der Waals surface area contributed by atoms with Crippen molar-refractivity contribution < 1.29 is 4.79 Å². The Hall–Kier alpha value is -2.28. The second kappa shape index (κ2) is 4.92. The highest BCUT2D eigenvalue weighted by Crippen LogP contribution is 2.21. The molecule has 3 heterocycles. The van der Waals surface area contributed by atoms with Gasteiger partial charge in [0.2, 0.25) is 0 Å². The van der Waals surface area contributed by atoms with Crippen LogP contribution in [0.4, 0.5) is 5.13 Å². The fourth-order valence-corrected chi connectivity index (χ4v) is 2.33. The Bertz CT molecular complexity index is 785. The van der Waals surface area contributed by atoms with Crippen molar-refractivity contribution in [2.45, 2.75) is 26.2 Å². The van der Waals surface area contributed by atoms with E-state index in [0.29, 0.717) is 10.8 Å². The van der Waals surface area contributed by atoms with Crippen LogP contribution in [-0.4, -0.2) is 25.5 Å². The number of nitrogens with one attached hydrogen (secondary N) is 1. The molecule has 7 heteroatoms. The van der Waals surface area contributed by atoms with Gasteiger partial charge in [-0.25, -0.2) is 14.5 Å². The predicted molar refractivity (Wildman–Crippen MR) is 81.8 cm³/mol. The molecule has 0 aliphatic rings. The topological polar surface area (TPSA) is 72.2 Å². The molecule has 0 unspecified atom stereocenters. The molecule has 0 saturated carbocycles. The molecule has 1 N–H and O–H groups in total. The van der Waals surface area contributed by atoms with Crippen molar-refractivity contribution in [3.63, 3.8) is 0 Å². The lowest BCUT2D eigenvalue weighted by atomic mass is 9.93. The maximum absolute atomic E-state index is 12.1. The lowest BCUT2D eigenvalue weighted by Crippen LogP contribution is -2.14. The molecule has 1 amide bonds. The molecule has 0 aromatic carbocycles. The molecule has 0 aliphatic carbocycles. The number of nitrogens with zero attached hydrogens (tertiary/aromatic N) is 4. The smallest absolute Gasteiger partial charge is 0.277 e. The van der Waals surface area contributed by atoms with Crippen LogP contribution in [0.2, 0.25) is 0 Å². The number of thiazole rings is 1. The number of rotatable bonds is 2. The van der Waals surface area contributed by atoms with E-state index in [2.05, 4.69) is 41.2 Å². The zero-order valence-electron chi connectivity index (χ0n) is 12.0. The predicted octanol–water partition coefficient (Wildman–Crippen LogP) is 2.74. The summed E-state index contributed by atoms with van der Waals surface area (Å²) in [6, 6.07) is 3.46. The summed E-state index contributed by atoms with van der Waals surface area (Å²) >= 11 is 1.37. The highest BCUT2D eigenvalue weighted by Gasteiger charge is 2.18. The second-order valence-electron chi connectivity index (χ2n) is 5.69. The third-order valence-corrected chi connectivity index (χ3v) is 3.66. The fraction of sp³-hybridized carbons (Fsp3) is 0.286. The average molecular weight is 301 g/mol. The first-order valence-corrected chi connectivity index (χ1v) is 7.39. The van der Waals surface area contributed by atoms with Crippen LogP contribution < -0.4 is 5.32 Å². The lowest BCUT2D eigenvalue weighted by molar-refractivity contribution is 0.102. The van der Waals surface area contributed by atoms with E-state index < -0.39 is 0 Å². The Balaban J connectivity index is 1.92. The molecule has 0 fully saturated rings. The number of carbonyl (C=O) groups excluding carboxylic acids is 1. The van der Waals surface area contributed by atoms with Crippen molar-refractivity contribution in [2.24, 2.45) is 0 Å². The van der Waals surface area contributed by atoms with Crippen LogP contribution in [0, 0.1) is 0 Å². The average Bonchev–Trinajstić information content (AvgIpc) is 3.04. The van der Waals surface area contributed by atoms with Gasteiger partial charge in [0.05, 0.1) is 11.9 Å². The molecule has 0 radical (unpaired) electrons. The van der Waals surface area contributed by atoms with Crippen molar-refractivity contribution in [1.29, 1.82) is 0 Å². The number of hydrogen-bond donors (Lipinski definition) is 1. The van der Waals surface area contributed by atoms with E-state index in [4.69, 9.17) is 0 Å². The Labute approximate surface area is 125 Å². The van der Waals surface area contributed by atoms with Gasteiger partial charge in [-0.3, -0.25) is 10.1 Å². The summed E-state index contributed by atoms with van der Waals surface area (Å²) in [5.74, 6) is -0.280. The van der Waals surface area contributed by atoms with Gasteiger partial charge in [0, 0.05) is 17.0 Å². The van der Waals surface area contributed by atoms with Crippen molar-refractivity contribution in [2.75, 3.05) is 5.32 Å². The highest BCUT2D eigenvalue weighted by atomic mass is 32.1. The molecule has 21 heavy (non-hydrogen) atoms. The number of hydrogen-bond acceptors (Lipinski definition) is 5. The van der Waals surface area contributed by atoms with Gasteiger partial charge in [-0.15, -0.1) is 11.3 Å². The minimum absolute atomic E-state index is 0.0585. The minimum Gasteiger partial charge on any atom is -0.296 e. The zero-order chi connectivity index (χ0) is 15.0. The number of amides is 1. The fourth-order valence-electron chi connectivity index (χ4n) is 1.81. The summed E-state index contributed by atoms with van der Waals surface area (Å²) < 4.78 is 1.64. The Morgan fingerprint density at radius 3 is 2.81 bits per heavy atom. The van der Waals surface area contributed by atoms with Gasteiger partial charge >= 0.3 is 0 Å². The third-order valence-electron chi connectivity index (χ3n) is 2.97. The van der Waals surface area contributed by atoms with E-state index in [1.165, 1.54) is 11.3 Å².